The van der Waals surface area contributed by atoms with Crippen LogP contribution in [0.25, 0.3) is 0 Å². The lowest BCUT2D eigenvalue weighted by Gasteiger charge is -2.31. The molecule has 6 nitrogen and oxygen atoms in total. The summed E-state index contributed by atoms with van der Waals surface area (Å²) in [5.41, 5.74) is 12.5. The SMILES string of the molecule is CC(C)(C)c1cc(C(C)(C)c2ccc(O)c(C(C)(C)C)c2)ccc1O.CC(C)(c1ccc(O)c(C2CCCCC2)c1)c1ccc(O)c(C2CCCCC2)c1.CCC(C)c1cc(C(C)(C)c2ccc(O)c(C(C)CC)c2)ccc1O. The van der Waals surface area contributed by atoms with Gasteiger partial charge in [-0.2, -0.15) is 0 Å². The fourth-order valence-corrected chi connectivity index (χ4v) is 12.0. The molecule has 6 N–H and O–H groups in total. The van der Waals surface area contributed by atoms with Crippen molar-refractivity contribution in [2.75, 3.05) is 0 Å². The van der Waals surface area contributed by atoms with Crippen molar-refractivity contribution < 1.29 is 30.6 Å². The average Bonchev–Trinajstić information content (AvgIpc) is 3.41. The van der Waals surface area contributed by atoms with Crippen molar-refractivity contribution in [1.82, 2.24) is 0 Å². The van der Waals surface area contributed by atoms with Gasteiger partial charge in [0.15, 0.2) is 0 Å². The first-order chi connectivity index (χ1) is 36.9. The second kappa shape index (κ2) is 25.3. The van der Waals surface area contributed by atoms with Crippen molar-refractivity contribution in [3.63, 3.8) is 0 Å². The van der Waals surface area contributed by atoms with Gasteiger partial charge in [-0.1, -0.05) is 222 Å². The van der Waals surface area contributed by atoms with Crippen molar-refractivity contribution in [2.45, 2.75) is 239 Å². The molecule has 79 heavy (non-hydrogen) atoms. The molecule has 0 spiro atoms. The van der Waals surface area contributed by atoms with Crippen molar-refractivity contribution in [2.24, 2.45) is 0 Å². The van der Waals surface area contributed by atoms with Crippen molar-refractivity contribution >= 4 is 0 Å². The molecule has 2 fully saturated rings. The van der Waals surface area contributed by atoms with Crippen LogP contribution in [0.15, 0.2) is 109 Å². The van der Waals surface area contributed by atoms with Crippen LogP contribution >= 0.6 is 0 Å². The summed E-state index contributed by atoms with van der Waals surface area (Å²) < 4.78 is 0. The first-order valence-electron chi connectivity index (χ1n) is 29.9. The molecule has 6 aromatic carbocycles. The van der Waals surface area contributed by atoms with E-state index in [-0.39, 0.29) is 27.1 Å². The summed E-state index contributed by atoms with van der Waals surface area (Å²) in [7, 11) is 0. The maximum Gasteiger partial charge on any atom is 0.119 e. The Kier molecular flexibility index (Phi) is 19.9. The van der Waals surface area contributed by atoms with Crippen molar-refractivity contribution in [3.8, 4) is 34.5 Å². The van der Waals surface area contributed by atoms with Crippen LogP contribution in [0.5, 0.6) is 34.5 Å². The molecule has 2 saturated carbocycles. The third kappa shape index (κ3) is 14.5. The van der Waals surface area contributed by atoms with Crippen LogP contribution in [0.4, 0.5) is 0 Å². The normalized spacial score (nSPS) is 15.8. The summed E-state index contributed by atoms with van der Waals surface area (Å²) in [5, 5.41) is 62.1. The van der Waals surface area contributed by atoms with Crippen LogP contribution in [0, 0.1) is 0 Å². The molecule has 2 aliphatic carbocycles. The highest BCUT2D eigenvalue weighted by atomic mass is 16.3. The van der Waals surface area contributed by atoms with Crippen LogP contribution in [0.2, 0.25) is 0 Å². The van der Waals surface area contributed by atoms with Gasteiger partial charge in [0.1, 0.15) is 34.5 Å². The molecule has 0 radical (unpaired) electrons. The molecule has 2 unspecified atom stereocenters. The second-order valence-electron chi connectivity index (χ2n) is 27.2. The number of aromatic hydroxyl groups is 6. The smallest absolute Gasteiger partial charge is 0.119 e. The Hall–Kier alpha value is -5.88. The Balaban J connectivity index is 0.000000192. The highest BCUT2D eigenvalue weighted by molar-refractivity contribution is 5.52. The van der Waals surface area contributed by atoms with Gasteiger partial charge in [-0.15, -0.1) is 0 Å². The van der Waals surface area contributed by atoms with Crippen LogP contribution in [-0.4, -0.2) is 30.6 Å². The Morgan fingerprint density at radius 2 is 0.595 bits per heavy atom. The zero-order valence-electron chi connectivity index (χ0n) is 51.4. The third-order valence-corrected chi connectivity index (χ3v) is 18.4. The Morgan fingerprint density at radius 1 is 0.342 bits per heavy atom. The van der Waals surface area contributed by atoms with Gasteiger partial charge in [0.25, 0.3) is 0 Å². The fourth-order valence-electron chi connectivity index (χ4n) is 12.0. The number of hydrogen-bond acceptors (Lipinski definition) is 6. The molecule has 0 aromatic heterocycles. The Bertz CT molecular complexity index is 2790. The summed E-state index contributed by atoms with van der Waals surface area (Å²) in [6, 6.07) is 36.2. The van der Waals surface area contributed by atoms with Crippen LogP contribution < -0.4 is 0 Å². The minimum Gasteiger partial charge on any atom is -0.508 e. The number of phenolic OH excluding ortho intramolecular Hbond substituents is 6. The van der Waals surface area contributed by atoms with E-state index in [9.17, 15) is 30.6 Å². The predicted octanol–water partition coefficient (Wildman–Crippen LogP) is 20.0. The summed E-state index contributed by atoms with van der Waals surface area (Å²) in [6.07, 6.45) is 14.4. The van der Waals surface area contributed by atoms with Gasteiger partial charge in [-0.3, -0.25) is 0 Å². The molecule has 0 heterocycles. The Labute approximate surface area is 477 Å². The first-order valence-corrected chi connectivity index (χ1v) is 29.9. The molecule has 6 heteroatoms. The van der Waals surface area contributed by atoms with E-state index < -0.39 is 0 Å². The van der Waals surface area contributed by atoms with Gasteiger partial charge in [0.2, 0.25) is 0 Å². The number of rotatable bonds is 12. The molecular weight excluding hydrogens is 973 g/mol. The zero-order chi connectivity index (χ0) is 58.4. The average molecular weight is 1070 g/mol. The monoisotopic (exact) mass is 1070 g/mol. The molecule has 0 amide bonds. The third-order valence-electron chi connectivity index (χ3n) is 18.4. The maximum atomic E-state index is 10.5. The number of hydrogen-bond donors (Lipinski definition) is 6. The van der Waals surface area contributed by atoms with E-state index in [2.05, 4.69) is 159 Å². The molecular formula is C73H100O6. The van der Waals surface area contributed by atoms with E-state index in [1.807, 2.05) is 48.5 Å². The van der Waals surface area contributed by atoms with E-state index in [1.54, 1.807) is 12.1 Å². The lowest BCUT2D eigenvalue weighted by molar-refractivity contribution is 0.412. The fraction of sp³-hybridized carbons (Fsp3) is 0.507. The molecule has 0 saturated heterocycles. The standard InChI is InChI=1S/C27H36O2.2C23H32O2/c1-27(2,21-13-15-25(28)23(17-21)19-9-5-3-6-10-19)22-14-16-26(29)24(18-22)20-11-7-4-8-12-20;1-21(2,3)17-13-15(9-11-19(17)24)23(7,8)16-10-12-20(25)18(14-16)22(4,5)6;1-7-15(3)19-13-17(9-11-21(19)24)23(5,6)18-10-12-22(25)20(14-18)16(4)8-2/h13-20,28-29H,3-12H2,1-2H3;9-14,24-25H,1-8H3;9-16,24-25H,7-8H2,1-6H3. The van der Waals surface area contributed by atoms with Gasteiger partial charge in [-0.25, -0.2) is 0 Å². The van der Waals surface area contributed by atoms with E-state index in [4.69, 9.17) is 0 Å². The lowest BCUT2D eigenvalue weighted by atomic mass is 9.73. The van der Waals surface area contributed by atoms with Gasteiger partial charge in [0, 0.05) is 16.2 Å². The predicted molar refractivity (Wildman–Crippen MR) is 331 cm³/mol. The van der Waals surface area contributed by atoms with Gasteiger partial charge >= 0.3 is 0 Å². The molecule has 2 atom stereocenters. The number of phenols is 6. The zero-order valence-corrected chi connectivity index (χ0v) is 51.4. The van der Waals surface area contributed by atoms with Crippen LogP contribution in [0.1, 0.15) is 278 Å². The first kappa shape index (κ1) is 62.3. The van der Waals surface area contributed by atoms with E-state index in [0.29, 0.717) is 58.2 Å². The van der Waals surface area contributed by atoms with Gasteiger partial charge in [-0.05, 0) is 176 Å². The molecule has 6 aromatic rings. The summed E-state index contributed by atoms with van der Waals surface area (Å²) >= 11 is 0. The molecule has 0 aliphatic heterocycles. The minimum atomic E-state index is -0.235. The molecule has 428 valence electrons. The molecule has 0 bridgehead atoms. The Morgan fingerprint density at radius 3 is 0.873 bits per heavy atom. The maximum absolute atomic E-state index is 10.5. The largest absolute Gasteiger partial charge is 0.508 e. The quantitative estimate of drug-likeness (QED) is 0.0726. The summed E-state index contributed by atoms with van der Waals surface area (Å²) in [5.74, 6) is 3.95. The highest BCUT2D eigenvalue weighted by Crippen LogP contribution is 2.46. The summed E-state index contributed by atoms with van der Waals surface area (Å²) in [6.45, 7) is 34.5. The van der Waals surface area contributed by atoms with Crippen LogP contribution in [0.3, 0.4) is 0 Å². The second-order valence-corrected chi connectivity index (χ2v) is 27.2. The lowest BCUT2D eigenvalue weighted by Crippen LogP contribution is -2.22. The van der Waals surface area contributed by atoms with Crippen molar-refractivity contribution in [3.05, 3.63) is 176 Å². The minimum absolute atomic E-state index is 0.123. The topological polar surface area (TPSA) is 121 Å². The van der Waals surface area contributed by atoms with Crippen LogP contribution in [-0.2, 0) is 27.1 Å². The van der Waals surface area contributed by atoms with Gasteiger partial charge < -0.3 is 30.6 Å². The van der Waals surface area contributed by atoms with E-state index in [1.165, 1.54) is 86.5 Å². The summed E-state index contributed by atoms with van der Waals surface area (Å²) in [4.78, 5) is 0. The van der Waals surface area contributed by atoms with E-state index >= 15 is 0 Å². The van der Waals surface area contributed by atoms with Gasteiger partial charge in [0.05, 0.1) is 0 Å². The number of benzene rings is 6. The molecule has 8 rings (SSSR count). The van der Waals surface area contributed by atoms with Crippen molar-refractivity contribution in [1.29, 1.82) is 0 Å². The molecule has 2 aliphatic rings. The highest BCUT2D eigenvalue weighted by Gasteiger charge is 2.32. The van der Waals surface area contributed by atoms with E-state index in [0.717, 1.165) is 57.3 Å².